The molecule has 3 aromatic rings. The summed E-state index contributed by atoms with van der Waals surface area (Å²) in [5, 5.41) is 11.3. The molecule has 2 nitrogen and oxygen atoms in total. The molecular formula is C20H14Cl2N2S. The fourth-order valence-electron chi connectivity index (χ4n) is 2.42. The van der Waals surface area contributed by atoms with Gasteiger partial charge in [0.15, 0.2) is 0 Å². The van der Waals surface area contributed by atoms with Crippen molar-refractivity contribution in [2.24, 2.45) is 0 Å². The third-order valence-electron chi connectivity index (χ3n) is 3.72. The van der Waals surface area contributed by atoms with E-state index in [4.69, 9.17) is 28.2 Å². The summed E-state index contributed by atoms with van der Waals surface area (Å²) < 4.78 is 0. The van der Waals surface area contributed by atoms with Gasteiger partial charge in [-0.25, -0.2) is 4.98 Å². The standard InChI is InChI=1S/C20H14Cl2N2S/c1-13-9-19(15-5-3-2-4-6-15)24-20(16(13)11-23)25-12-14-7-8-17(21)18(22)10-14/h2-10H,12H2,1H3. The minimum Gasteiger partial charge on any atom is -0.240 e. The number of thioether (sulfide) groups is 1. The summed E-state index contributed by atoms with van der Waals surface area (Å²) in [4.78, 5) is 4.71. The molecule has 0 bridgehead atoms. The highest BCUT2D eigenvalue weighted by molar-refractivity contribution is 7.98. The SMILES string of the molecule is Cc1cc(-c2ccccc2)nc(SCc2ccc(Cl)c(Cl)c2)c1C#N. The number of nitriles is 1. The van der Waals surface area contributed by atoms with Gasteiger partial charge in [-0.15, -0.1) is 11.8 Å². The zero-order valence-corrected chi connectivity index (χ0v) is 15.8. The first-order chi connectivity index (χ1) is 12.1. The minimum atomic E-state index is 0.530. The Kier molecular flexibility index (Phi) is 5.65. The topological polar surface area (TPSA) is 36.7 Å². The Morgan fingerprint density at radius 1 is 1.04 bits per heavy atom. The highest BCUT2D eigenvalue weighted by Gasteiger charge is 2.12. The molecule has 2 aromatic carbocycles. The lowest BCUT2D eigenvalue weighted by atomic mass is 10.1. The van der Waals surface area contributed by atoms with Crippen molar-refractivity contribution in [2.75, 3.05) is 0 Å². The van der Waals surface area contributed by atoms with Crippen LogP contribution in [-0.4, -0.2) is 4.98 Å². The van der Waals surface area contributed by atoms with Crippen LogP contribution < -0.4 is 0 Å². The quantitative estimate of drug-likeness (QED) is 0.479. The van der Waals surface area contributed by atoms with Crippen LogP contribution in [0.3, 0.4) is 0 Å². The van der Waals surface area contributed by atoms with Crippen LogP contribution in [0.2, 0.25) is 10.0 Å². The smallest absolute Gasteiger partial charge is 0.115 e. The molecule has 0 radical (unpaired) electrons. The lowest BCUT2D eigenvalue weighted by molar-refractivity contribution is 1.09. The molecule has 3 rings (SSSR count). The minimum absolute atomic E-state index is 0.530. The fourth-order valence-corrected chi connectivity index (χ4v) is 3.74. The molecule has 1 aromatic heterocycles. The molecule has 124 valence electrons. The maximum atomic E-state index is 9.50. The maximum absolute atomic E-state index is 9.50. The van der Waals surface area contributed by atoms with Crippen molar-refractivity contribution in [3.63, 3.8) is 0 Å². The zero-order valence-electron chi connectivity index (χ0n) is 13.5. The molecule has 0 aliphatic heterocycles. The largest absolute Gasteiger partial charge is 0.240 e. The number of aryl methyl sites for hydroxylation is 1. The average Bonchev–Trinajstić information content (AvgIpc) is 2.63. The Morgan fingerprint density at radius 2 is 1.80 bits per heavy atom. The summed E-state index contributed by atoms with van der Waals surface area (Å²) in [6, 6.07) is 19.7. The molecule has 0 aliphatic rings. The molecule has 0 saturated heterocycles. The first-order valence-electron chi connectivity index (χ1n) is 7.62. The van der Waals surface area contributed by atoms with Gasteiger partial charge in [0, 0.05) is 11.3 Å². The van der Waals surface area contributed by atoms with Gasteiger partial charge in [0.05, 0.1) is 21.3 Å². The molecule has 0 amide bonds. The van der Waals surface area contributed by atoms with Crippen LogP contribution in [0.15, 0.2) is 59.6 Å². The van der Waals surface area contributed by atoms with Gasteiger partial charge in [0.2, 0.25) is 0 Å². The van der Waals surface area contributed by atoms with Crippen molar-refractivity contribution in [1.82, 2.24) is 4.98 Å². The van der Waals surface area contributed by atoms with E-state index in [-0.39, 0.29) is 0 Å². The summed E-state index contributed by atoms with van der Waals surface area (Å²) in [6.45, 7) is 1.94. The normalized spacial score (nSPS) is 10.5. The second-order valence-electron chi connectivity index (χ2n) is 5.52. The fraction of sp³-hybridized carbons (Fsp3) is 0.100. The van der Waals surface area contributed by atoms with Gasteiger partial charge >= 0.3 is 0 Å². The van der Waals surface area contributed by atoms with E-state index in [1.54, 1.807) is 6.07 Å². The first kappa shape index (κ1) is 17.8. The summed E-state index contributed by atoms with van der Waals surface area (Å²) in [6.07, 6.45) is 0. The van der Waals surface area contributed by atoms with Gasteiger partial charge in [-0.3, -0.25) is 0 Å². The third kappa shape index (κ3) is 4.16. The Bertz CT molecular complexity index is 950. The molecular weight excluding hydrogens is 371 g/mol. The Labute approximate surface area is 161 Å². The van der Waals surface area contributed by atoms with Gasteiger partial charge in [-0.05, 0) is 36.2 Å². The van der Waals surface area contributed by atoms with Gasteiger partial charge in [-0.2, -0.15) is 5.26 Å². The summed E-state index contributed by atoms with van der Waals surface area (Å²) >= 11 is 13.6. The second-order valence-corrected chi connectivity index (χ2v) is 7.30. The summed E-state index contributed by atoms with van der Waals surface area (Å²) in [5.74, 6) is 0.663. The van der Waals surface area contributed by atoms with E-state index < -0.39 is 0 Å². The number of hydrogen-bond acceptors (Lipinski definition) is 3. The molecule has 0 aliphatic carbocycles. The van der Waals surface area contributed by atoms with Crippen molar-refractivity contribution < 1.29 is 0 Å². The zero-order chi connectivity index (χ0) is 17.8. The lowest BCUT2D eigenvalue weighted by Crippen LogP contribution is -1.95. The number of aromatic nitrogens is 1. The predicted octanol–water partition coefficient (Wildman–Crippen LogP) is 6.53. The molecule has 0 spiro atoms. The van der Waals surface area contributed by atoms with E-state index in [1.807, 2.05) is 55.5 Å². The van der Waals surface area contributed by atoms with Crippen LogP contribution in [0.4, 0.5) is 0 Å². The molecule has 5 heteroatoms. The molecule has 1 heterocycles. The van der Waals surface area contributed by atoms with Crippen molar-refractivity contribution in [3.8, 4) is 17.3 Å². The van der Waals surface area contributed by atoms with Crippen LogP contribution in [-0.2, 0) is 5.75 Å². The van der Waals surface area contributed by atoms with E-state index in [0.717, 1.165) is 27.4 Å². The van der Waals surface area contributed by atoms with Gasteiger partial charge < -0.3 is 0 Å². The van der Waals surface area contributed by atoms with Crippen molar-refractivity contribution in [3.05, 3.63) is 81.3 Å². The number of benzene rings is 2. The van der Waals surface area contributed by atoms with E-state index in [0.29, 0.717) is 21.4 Å². The summed E-state index contributed by atoms with van der Waals surface area (Å²) in [5.41, 5.74) is 4.48. The monoisotopic (exact) mass is 384 g/mol. The molecule has 0 unspecified atom stereocenters. The van der Waals surface area contributed by atoms with Gasteiger partial charge in [0.1, 0.15) is 11.1 Å². The van der Waals surface area contributed by atoms with Crippen molar-refractivity contribution in [1.29, 1.82) is 5.26 Å². The molecule has 0 saturated carbocycles. The number of rotatable bonds is 4. The highest BCUT2D eigenvalue weighted by atomic mass is 35.5. The Balaban J connectivity index is 1.92. The molecule has 0 atom stereocenters. The number of nitrogens with zero attached hydrogens (tertiary/aromatic N) is 2. The second kappa shape index (κ2) is 7.93. The predicted molar refractivity (Wildman–Crippen MR) is 105 cm³/mol. The number of pyridine rings is 1. The van der Waals surface area contributed by atoms with Crippen molar-refractivity contribution in [2.45, 2.75) is 17.7 Å². The van der Waals surface area contributed by atoms with Gasteiger partial charge in [0.25, 0.3) is 0 Å². The maximum Gasteiger partial charge on any atom is 0.115 e. The van der Waals surface area contributed by atoms with Crippen LogP contribution >= 0.6 is 35.0 Å². The van der Waals surface area contributed by atoms with Crippen molar-refractivity contribution >= 4 is 35.0 Å². The van der Waals surface area contributed by atoms with E-state index >= 15 is 0 Å². The molecule has 0 fully saturated rings. The lowest BCUT2D eigenvalue weighted by Gasteiger charge is -2.10. The van der Waals surface area contributed by atoms with E-state index in [1.165, 1.54) is 11.8 Å². The van der Waals surface area contributed by atoms with Crippen LogP contribution in [0.1, 0.15) is 16.7 Å². The highest BCUT2D eigenvalue weighted by Crippen LogP contribution is 2.31. The number of halogens is 2. The van der Waals surface area contributed by atoms with E-state index in [2.05, 4.69) is 6.07 Å². The Hall–Kier alpha value is -1.99. The molecule has 25 heavy (non-hydrogen) atoms. The average molecular weight is 385 g/mol. The Morgan fingerprint density at radius 3 is 2.48 bits per heavy atom. The van der Waals surface area contributed by atoms with Crippen LogP contribution in [0.5, 0.6) is 0 Å². The van der Waals surface area contributed by atoms with E-state index in [9.17, 15) is 5.26 Å². The molecule has 0 N–H and O–H groups in total. The van der Waals surface area contributed by atoms with Crippen LogP contribution in [0, 0.1) is 18.3 Å². The number of hydrogen-bond donors (Lipinski definition) is 0. The van der Waals surface area contributed by atoms with Gasteiger partial charge in [-0.1, -0.05) is 59.6 Å². The first-order valence-corrected chi connectivity index (χ1v) is 9.36. The third-order valence-corrected chi connectivity index (χ3v) is 5.51. The summed E-state index contributed by atoms with van der Waals surface area (Å²) in [7, 11) is 0. The van der Waals surface area contributed by atoms with Crippen LogP contribution in [0.25, 0.3) is 11.3 Å².